The summed E-state index contributed by atoms with van der Waals surface area (Å²) < 4.78 is 32.4. The molecule has 0 heterocycles. The molecule has 0 spiro atoms. The van der Waals surface area contributed by atoms with E-state index >= 15 is 0 Å². The van der Waals surface area contributed by atoms with E-state index in [0.29, 0.717) is 5.75 Å². The maximum Gasteiger partial charge on any atom is 0.129 e. The Bertz CT molecular complexity index is 552. The number of benzene rings is 2. The Morgan fingerprint density at radius 3 is 2.32 bits per heavy atom. The van der Waals surface area contributed by atoms with Crippen LogP contribution in [-0.2, 0) is 6.42 Å². The Morgan fingerprint density at radius 2 is 1.68 bits per heavy atom. The lowest BCUT2D eigenvalue weighted by Gasteiger charge is -2.16. The third-order valence-corrected chi connectivity index (χ3v) is 3.02. The summed E-state index contributed by atoms with van der Waals surface area (Å²) in [5.74, 6) is -0.539. The fourth-order valence-electron chi connectivity index (χ4n) is 2.03. The fraction of sp³-hybridized carbons (Fsp3) is 0.200. The molecule has 0 aromatic heterocycles. The van der Waals surface area contributed by atoms with Crippen molar-refractivity contribution in [3.05, 3.63) is 65.2 Å². The van der Waals surface area contributed by atoms with Gasteiger partial charge in [0.25, 0.3) is 0 Å². The number of halogens is 2. The van der Waals surface area contributed by atoms with Gasteiger partial charge in [-0.1, -0.05) is 24.3 Å². The molecule has 1 unspecified atom stereocenters. The normalized spacial score (nSPS) is 12.2. The molecule has 2 aromatic rings. The van der Waals surface area contributed by atoms with E-state index in [0.717, 1.165) is 5.56 Å². The van der Waals surface area contributed by atoms with Gasteiger partial charge in [-0.05, 0) is 24.6 Å². The van der Waals surface area contributed by atoms with Gasteiger partial charge >= 0.3 is 0 Å². The van der Waals surface area contributed by atoms with Crippen LogP contribution in [0.25, 0.3) is 0 Å². The summed E-state index contributed by atoms with van der Waals surface area (Å²) in [6.07, 6.45) is 0.0822. The number of para-hydroxylation sites is 1. The van der Waals surface area contributed by atoms with E-state index in [1.807, 2.05) is 12.1 Å². The molecule has 0 aliphatic rings. The minimum absolute atomic E-state index is 0.000839. The van der Waals surface area contributed by atoms with Crippen LogP contribution in [0.15, 0.2) is 42.5 Å². The Morgan fingerprint density at radius 1 is 1.05 bits per heavy atom. The first-order valence-corrected chi connectivity index (χ1v) is 5.95. The number of hydrogen-bond acceptors (Lipinski definition) is 2. The minimum Gasteiger partial charge on any atom is -0.496 e. The van der Waals surface area contributed by atoms with Crippen molar-refractivity contribution in [1.29, 1.82) is 0 Å². The highest BCUT2D eigenvalue weighted by Crippen LogP contribution is 2.27. The Labute approximate surface area is 110 Å². The average molecular weight is 263 g/mol. The molecule has 0 aliphatic heterocycles. The molecule has 0 fully saturated rings. The topological polar surface area (TPSA) is 35.2 Å². The van der Waals surface area contributed by atoms with E-state index in [-0.39, 0.29) is 12.0 Å². The third-order valence-electron chi connectivity index (χ3n) is 3.02. The van der Waals surface area contributed by atoms with Crippen LogP contribution in [0, 0.1) is 11.6 Å². The van der Waals surface area contributed by atoms with Gasteiger partial charge in [0.15, 0.2) is 0 Å². The van der Waals surface area contributed by atoms with E-state index < -0.39 is 17.7 Å². The summed E-state index contributed by atoms with van der Waals surface area (Å²) in [5, 5.41) is 0. The summed E-state index contributed by atoms with van der Waals surface area (Å²) in [5.41, 5.74) is 6.76. The number of ether oxygens (including phenoxy) is 1. The van der Waals surface area contributed by atoms with Crippen LogP contribution in [-0.4, -0.2) is 7.11 Å². The van der Waals surface area contributed by atoms with Crippen molar-refractivity contribution in [3.63, 3.8) is 0 Å². The zero-order chi connectivity index (χ0) is 13.8. The molecule has 0 saturated carbocycles. The van der Waals surface area contributed by atoms with Gasteiger partial charge in [0, 0.05) is 17.2 Å². The molecule has 2 rings (SSSR count). The van der Waals surface area contributed by atoms with E-state index in [4.69, 9.17) is 10.5 Å². The van der Waals surface area contributed by atoms with Crippen molar-refractivity contribution in [1.82, 2.24) is 0 Å². The lowest BCUT2D eigenvalue weighted by Crippen LogP contribution is -2.16. The van der Waals surface area contributed by atoms with Crippen molar-refractivity contribution < 1.29 is 13.5 Å². The van der Waals surface area contributed by atoms with Crippen LogP contribution in [0.4, 0.5) is 8.78 Å². The zero-order valence-corrected chi connectivity index (χ0v) is 10.6. The highest BCUT2D eigenvalue weighted by Gasteiger charge is 2.16. The first kappa shape index (κ1) is 13.5. The van der Waals surface area contributed by atoms with Crippen LogP contribution in [0.1, 0.15) is 17.2 Å². The van der Waals surface area contributed by atoms with Crippen LogP contribution < -0.4 is 10.5 Å². The molecular formula is C15H15F2NO. The van der Waals surface area contributed by atoms with Gasteiger partial charge in [-0.3, -0.25) is 0 Å². The SMILES string of the molecule is COc1ccccc1C(N)Cc1c(F)cccc1F. The minimum atomic E-state index is -0.578. The van der Waals surface area contributed by atoms with Crippen LogP contribution in [0.3, 0.4) is 0 Å². The molecule has 2 nitrogen and oxygen atoms in total. The fourth-order valence-corrected chi connectivity index (χ4v) is 2.03. The number of rotatable bonds is 4. The maximum atomic E-state index is 13.6. The van der Waals surface area contributed by atoms with Gasteiger partial charge in [0.05, 0.1) is 7.11 Å². The molecule has 0 radical (unpaired) electrons. The first-order valence-electron chi connectivity index (χ1n) is 5.95. The largest absolute Gasteiger partial charge is 0.496 e. The summed E-state index contributed by atoms with van der Waals surface area (Å²) in [6, 6.07) is 10.5. The quantitative estimate of drug-likeness (QED) is 0.919. The summed E-state index contributed by atoms with van der Waals surface area (Å²) in [6.45, 7) is 0. The standard InChI is InChI=1S/C15H15F2NO/c1-19-15-8-3-2-5-10(15)14(18)9-11-12(16)6-4-7-13(11)17/h2-8,14H,9,18H2,1H3. The molecule has 0 bridgehead atoms. The second-order valence-electron chi connectivity index (χ2n) is 4.25. The Hall–Kier alpha value is -1.94. The predicted molar refractivity (Wildman–Crippen MR) is 70.0 cm³/mol. The molecular weight excluding hydrogens is 248 g/mol. The highest BCUT2D eigenvalue weighted by molar-refractivity contribution is 5.37. The second kappa shape index (κ2) is 5.80. The smallest absolute Gasteiger partial charge is 0.129 e. The van der Waals surface area contributed by atoms with Crippen LogP contribution in [0.2, 0.25) is 0 Å². The van der Waals surface area contributed by atoms with Gasteiger partial charge in [-0.25, -0.2) is 8.78 Å². The Balaban J connectivity index is 2.28. The van der Waals surface area contributed by atoms with E-state index in [9.17, 15) is 8.78 Å². The van der Waals surface area contributed by atoms with Crippen molar-refractivity contribution >= 4 is 0 Å². The molecule has 2 N–H and O–H groups in total. The summed E-state index contributed by atoms with van der Waals surface area (Å²) in [7, 11) is 1.54. The molecule has 2 aromatic carbocycles. The summed E-state index contributed by atoms with van der Waals surface area (Å²) in [4.78, 5) is 0. The molecule has 0 amide bonds. The van der Waals surface area contributed by atoms with Crippen LogP contribution in [0.5, 0.6) is 5.75 Å². The van der Waals surface area contributed by atoms with Crippen LogP contribution >= 0.6 is 0 Å². The number of hydrogen-bond donors (Lipinski definition) is 1. The van der Waals surface area contributed by atoms with E-state index in [2.05, 4.69) is 0 Å². The second-order valence-corrected chi connectivity index (χ2v) is 4.25. The molecule has 0 saturated heterocycles. The van der Waals surface area contributed by atoms with Crippen molar-refractivity contribution in [3.8, 4) is 5.75 Å². The monoisotopic (exact) mass is 263 g/mol. The van der Waals surface area contributed by atoms with Gasteiger partial charge < -0.3 is 10.5 Å². The highest BCUT2D eigenvalue weighted by atomic mass is 19.1. The van der Waals surface area contributed by atoms with Gasteiger partial charge in [0.2, 0.25) is 0 Å². The number of nitrogens with two attached hydrogens (primary N) is 1. The van der Waals surface area contributed by atoms with Crippen molar-refractivity contribution in [2.45, 2.75) is 12.5 Å². The van der Waals surface area contributed by atoms with E-state index in [1.54, 1.807) is 12.1 Å². The lowest BCUT2D eigenvalue weighted by molar-refractivity contribution is 0.404. The zero-order valence-electron chi connectivity index (χ0n) is 10.6. The Kier molecular flexibility index (Phi) is 4.12. The van der Waals surface area contributed by atoms with Crippen molar-refractivity contribution in [2.24, 2.45) is 5.73 Å². The molecule has 19 heavy (non-hydrogen) atoms. The molecule has 0 aliphatic carbocycles. The molecule has 100 valence electrons. The lowest BCUT2D eigenvalue weighted by atomic mass is 9.98. The summed E-state index contributed by atoms with van der Waals surface area (Å²) >= 11 is 0. The molecule has 4 heteroatoms. The van der Waals surface area contributed by atoms with Gasteiger partial charge in [0.1, 0.15) is 17.4 Å². The predicted octanol–water partition coefficient (Wildman–Crippen LogP) is 3.22. The molecule has 1 atom stereocenters. The van der Waals surface area contributed by atoms with Gasteiger partial charge in [-0.15, -0.1) is 0 Å². The van der Waals surface area contributed by atoms with Gasteiger partial charge in [-0.2, -0.15) is 0 Å². The maximum absolute atomic E-state index is 13.6. The number of methoxy groups -OCH3 is 1. The average Bonchev–Trinajstić information content (AvgIpc) is 2.42. The third kappa shape index (κ3) is 2.90. The van der Waals surface area contributed by atoms with Crippen molar-refractivity contribution in [2.75, 3.05) is 7.11 Å². The van der Waals surface area contributed by atoms with E-state index in [1.165, 1.54) is 25.3 Å². The first-order chi connectivity index (χ1) is 9.13.